The van der Waals surface area contributed by atoms with Crippen molar-refractivity contribution in [1.29, 1.82) is 0 Å². The second kappa shape index (κ2) is 3.90. The van der Waals surface area contributed by atoms with Crippen molar-refractivity contribution in [2.24, 2.45) is 0 Å². The van der Waals surface area contributed by atoms with Crippen LogP contribution in [0.15, 0.2) is 0 Å². The summed E-state index contributed by atoms with van der Waals surface area (Å²) in [6, 6.07) is 0. The number of hydrogen-bond acceptors (Lipinski definition) is 5. The number of ether oxygens (including phenoxy) is 2. The Morgan fingerprint density at radius 2 is 1.83 bits per heavy atom. The third kappa shape index (κ3) is 5.47. The van der Waals surface area contributed by atoms with Crippen molar-refractivity contribution in [2.45, 2.75) is 6.36 Å². The molecule has 0 rings (SSSR count). The summed E-state index contributed by atoms with van der Waals surface area (Å²) in [6.07, 6.45) is -4.97. The highest BCUT2D eigenvalue weighted by molar-refractivity contribution is 6.27. The Morgan fingerprint density at radius 3 is 2.17 bits per heavy atom. The van der Waals surface area contributed by atoms with Gasteiger partial charge in [0.25, 0.3) is 0 Å². The summed E-state index contributed by atoms with van der Waals surface area (Å²) in [5.74, 6) is -4.15. The summed E-state index contributed by atoms with van der Waals surface area (Å²) in [6.45, 7) is -1.50. The van der Waals surface area contributed by atoms with E-state index in [1.54, 1.807) is 0 Å². The summed E-state index contributed by atoms with van der Waals surface area (Å²) in [7, 11) is 0. The van der Waals surface area contributed by atoms with Crippen LogP contribution in [0.4, 0.5) is 13.2 Å². The van der Waals surface area contributed by atoms with Crippen molar-refractivity contribution < 1.29 is 37.3 Å². The molecular weight excluding hydrogens is 185 g/mol. The minimum Gasteiger partial charge on any atom is -0.539 e. The van der Waals surface area contributed by atoms with Crippen LogP contribution >= 0.6 is 0 Å². The molecule has 0 aromatic carbocycles. The predicted octanol–water partition coefficient (Wildman–Crippen LogP) is -1.23. The normalized spacial score (nSPS) is 10.9. The molecule has 0 bridgehead atoms. The Morgan fingerprint density at radius 1 is 1.33 bits per heavy atom. The predicted molar refractivity (Wildman–Crippen MR) is 23.1 cm³/mol. The molecule has 0 aliphatic heterocycles. The van der Waals surface area contributed by atoms with Crippen molar-refractivity contribution in [3.63, 3.8) is 0 Å². The van der Waals surface area contributed by atoms with Gasteiger partial charge in [-0.1, -0.05) is 0 Å². The first-order valence-electron chi connectivity index (χ1n) is 2.41. The van der Waals surface area contributed by atoms with Gasteiger partial charge in [-0.25, -0.2) is 4.79 Å². The molecule has 0 saturated heterocycles. The van der Waals surface area contributed by atoms with Crippen LogP contribution in [0.25, 0.3) is 0 Å². The highest BCUT2D eigenvalue weighted by atomic mass is 19.4. The van der Waals surface area contributed by atoms with Gasteiger partial charge in [0.05, 0.1) is 0 Å². The zero-order chi connectivity index (χ0) is 9.78. The molecule has 0 saturated carbocycles. The van der Waals surface area contributed by atoms with E-state index >= 15 is 0 Å². The summed E-state index contributed by atoms with van der Waals surface area (Å²) in [5.41, 5.74) is 0. The van der Waals surface area contributed by atoms with Crippen LogP contribution in [0, 0.1) is 0 Å². The molecule has 0 aromatic heterocycles. The minimum atomic E-state index is -4.97. The second-order valence-corrected chi connectivity index (χ2v) is 1.43. The van der Waals surface area contributed by atoms with E-state index in [2.05, 4.69) is 9.47 Å². The van der Waals surface area contributed by atoms with Gasteiger partial charge in [0.15, 0.2) is 5.97 Å². The standard InChI is InChI=1S/C4H3F3O5/c5-4(6,7)12-1-11-3(10)2(8)9/h1H2,(H,8,9)/p-1. The molecule has 0 heterocycles. The van der Waals surface area contributed by atoms with Gasteiger partial charge in [-0.15, -0.1) is 13.2 Å². The van der Waals surface area contributed by atoms with Crippen LogP contribution < -0.4 is 5.11 Å². The van der Waals surface area contributed by atoms with Crippen LogP contribution in [0.2, 0.25) is 0 Å². The molecule has 8 heteroatoms. The minimum absolute atomic E-state index is 1.50. The maximum Gasteiger partial charge on any atom is 0.525 e. The van der Waals surface area contributed by atoms with Crippen LogP contribution in [-0.2, 0) is 19.1 Å². The van der Waals surface area contributed by atoms with Crippen molar-refractivity contribution >= 4 is 11.9 Å². The number of esters is 1. The third-order valence-corrected chi connectivity index (χ3v) is 0.579. The molecule has 0 aliphatic rings. The summed E-state index contributed by atoms with van der Waals surface area (Å²) >= 11 is 0. The van der Waals surface area contributed by atoms with Gasteiger partial charge in [-0.2, -0.15) is 0 Å². The summed E-state index contributed by atoms with van der Waals surface area (Å²) < 4.78 is 39.7. The van der Waals surface area contributed by atoms with Gasteiger partial charge in [0.2, 0.25) is 6.79 Å². The fraction of sp³-hybridized carbons (Fsp3) is 0.500. The van der Waals surface area contributed by atoms with Crippen LogP contribution in [0.5, 0.6) is 0 Å². The average Bonchev–Trinajstić information content (AvgIpc) is 1.84. The number of rotatable bonds is 2. The number of hydrogen-bond donors (Lipinski definition) is 0. The van der Waals surface area contributed by atoms with E-state index in [-0.39, 0.29) is 0 Å². The number of halogens is 3. The molecule has 0 radical (unpaired) electrons. The number of carbonyl (C=O) groups is 2. The number of carboxylic acids is 1. The molecule has 0 N–H and O–H groups in total. The van der Waals surface area contributed by atoms with E-state index in [0.717, 1.165) is 0 Å². The van der Waals surface area contributed by atoms with Crippen molar-refractivity contribution in [2.75, 3.05) is 6.79 Å². The first kappa shape index (κ1) is 10.7. The summed E-state index contributed by atoms with van der Waals surface area (Å²) in [4.78, 5) is 19.4. The molecule has 0 aliphatic carbocycles. The Balaban J connectivity index is 3.58. The second-order valence-electron chi connectivity index (χ2n) is 1.43. The van der Waals surface area contributed by atoms with Gasteiger partial charge in [-0.3, -0.25) is 4.74 Å². The van der Waals surface area contributed by atoms with E-state index in [1.165, 1.54) is 0 Å². The number of carbonyl (C=O) groups excluding carboxylic acids is 2. The number of alkyl halides is 3. The molecule has 12 heavy (non-hydrogen) atoms. The van der Waals surface area contributed by atoms with E-state index in [1.807, 2.05) is 0 Å². The van der Waals surface area contributed by atoms with Gasteiger partial charge in [-0.05, 0) is 0 Å². The lowest BCUT2D eigenvalue weighted by molar-refractivity contribution is -0.348. The molecule has 0 unspecified atom stereocenters. The maximum atomic E-state index is 11.1. The smallest absolute Gasteiger partial charge is 0.525 e. The lowest BCUT2D eigenvalue weighted by Crippen LogP contribution is -2.34. The lowest BCUT2D eigenvalue weighted by atomic mass is 10.7. The molecule has 0 amide bonds. The molecule has 0 aromatic rings. The first-order chi connectivity index (χ1) is 5.33. The van der Waals surface area contributed by atoms with E-state index in [4.69, 9.17) is 0 Å². The van der Waals surface area contributed by atoms with Gasteiger partial charge in [0, 0.05) is 0 Å². The number of aliphatic carboxylic acids is 1. The SMILES string of the molecule is O=C([O-])C(=O)OCOC(F)(F)F. The van der Waals surface area contributed by atoms with E-state index < -0.39 is 25.1 Å². The highest BCUT2D eigenvalue weighted by Crippen LogP contribution is 2.15. The Kier molecular flexibility index (Phi) is 3.48. The monoisotopic (exact) mass is 187 g/mol. The molecular formula is C4H2F3O5-. The van der Waals surface area contributed by atoms with Crippen LogP contribution in [-0.4, -0.2) is 25.1 Å². The van der Waals surface area contributed by atoms with Crippen LogP contribution in [0.1, 0.15) is 0 Å². The molecule has 0 spiro atoms. The quantitative estimate of drug-likeness (QED) is 0.307. The Labute approximate surface area is 63.7 Å². The van der Waals surface area contributed by atoms with Crippen molar-refractivity contribution in [3.05, 3.63) is 0 Å². The maximum absolute atomic E-state index is 11.1. The van der Waals surface area contributed by atoms with Gasteiger partial charge < -0.3 is 14.6 Å². The zero-order valence-corrected chi connectivity index (χ0v) is 5.38. The fourth-order valence-corrected chi connectivity index (χ4v) is 0.209. The van der Waals surface area contributed by atoms with E-state index in [0.29, 0.717) is 0 Å². The fourth-order valence-electron chi connectivity index (χ4n) is 0.209. The van der Waals surface area contributed by atoms with E-state index in [9.17, 15) is 27.9 Å². The molecule has 70 valence electrons. The van der Waals surface area contributed by atoms with Gasteiger partial charge >= 0.3 is 12.3 Å². The van der Waals surface area contributed by atoms with Crippen LogP contribution in [0.3, 0.4) is 0 Å². The topological polar surface area (TPSA) is 75.7 Å². The summed E-state index contributed by atoms with van der Waals surface area (Å²) in [5, 5.41) is 9.53. The van der Waals surface area contributed by atoms with Crippen molar-refractivity contribution in [3.8, 4) is 0 Å². The molecule has 0 fully saturated rings. The van der Waals surface area contributed by atoms with Gasteiger partial charge in [0.1, 0.15) is 0 Å². The first-order valence-corrected chi connectivity index (χ1v) is 2.41. The largest absolute Gasteiger partial charge is 0.539 e. The lowest BCUT2D eigenvalue weighted by Gasteiger charge is -2.07. The average molecular weight is 187 g/mol. The number of carboxylic acid groups (broad SMARTS) is 1. The molecule has 5 nitrogen and oxygen atoms in total. The third-order valence-electron chi connectivity index (χ3n) is 0.579. The zero-order valence-electron chi connectivity index (χ0n) is 5.38. The Hall–Kier alpha value is -1.31. The highest BCUT2D eigenvalue weighted by Gasteiger charge is 2.29. The molecule has 0 atom stereocenters. The Bertz CT molecular complexity index is 186. The van der Waals surface area contributed by atoms with Crippen molar-refractivity contribution in [1.82, 2.24) is 0 Å².